The van der Waals surface area contributed by atoms with Crippen LogP contribution in [-0.4, -0.2) is 76.8 Å². The number of carbonyl (C=O) groups excluding carboxylic acids is 2. The van der Waals surface area contributed by atoms with Crippen molar-refractivity contribution in [3.8, 4) is 17.4 Å². The summed E-state index contributed by atoms with van der Waals surface area (Å²) in [4.78, 5) is 34.5. The summed E-state index contributed by atoms with van der Waals surface area (Å²) in [6.07, 6.45) is -4.34. The van der Waals surface area contributed by atoms with Crippen LogP contribution < -0.4 is 14.8 Å². The molecule has 3 aromatic carbocycles. The molecule has 0 radical (unpaired) electrons. The van der Waals surface area contributed by atoms with E-state index in [2.05, 4.69) is 15.2 Å². The first-order chi connectivity index (χ1) is 24.9. The average Bonchev–Trinajstić information content (AvgIpc) is 3.46. The van der Waals surface area contributed by atoms with Crippen molar-refractivity contribution in [1.29, 1.82) is 0 Å². The lowest BCUT2D eigenvalue weighted by molar-refractivity contribution is -0.137. The van der Waals surface area contributed by atoms with Crippen molar-refractivity contribution in [2.24, 2.45) is 7.05 Å². The molecule has 1 N–H and O–H groups in total. The molecule has 272 valence electrons. The van der Waals surface area contributed by atoms with Crippen molar-refractivity contribution >= 4 is 40.0 Å². The van der Waals surface area contributed by atoms with Crippen LogP contribution in [-0.2, 0) is 19.8 Å². The van der Waals surface area contributed by atoms with Gasteiger partial charge in [-0.05, 0) is 60.2 Å². The average molecular weight is 742 g/mol. The summed E-state index contributed by atoms with van der Waals surface area (Å²) in [6.45, 7) is 1.32. The number of anilines is 1. The number of pyridine rings is 1. The van der Waals surface area contributed by atoms with Gasteiger partial charge in [0.15, 0.2) is 6.10 Å². The molecule has 5 aromatic rings. The maximum absolute atomic E-state index is 13.6. The van der Waals surface area contributed by atoms with Gasteiger partial charge in [0.1, 0.15) is 30.5 Å². The zero-order valence-electron chi connectivity index (χ0n) is 27.8. The van der Waals surface area contributed by atoms with Crippen molar-refractivity contribution in [3.63, 3.8) is 0 Å². The quantitative estimate of drug-likeness (QED) is 0.138. The molecule has 0 bridgehead atoms. The lowest BCUT2D eigenvalue weighted by Crippen LogP contribution is -2.48. The van der Waals surface area contributed by atoms with E-state index in [4.69, 9.17) is 21.1 Å². The van der Waals surface area contributed by atoms with Crippen molar-refractivity contribution < 1.29 is 41.0 Å². The Morgan fingerprint density at radius 2 is 1.62 bits per heavy atom. The Morgan fingerprint density at radius 1 is 0.904 bits per heavy atom. The molecule has 0 atom stereocenters. The first-order valence-electron chi connectivity index (χ1n) is 16.2. The summed E-state index contributed by atoms with van der Waals surface area (Å²) in [5.74, 6) is 0.313. The van der Waals surface area contributed by atoms with Crippen molar-refractivity contribution in [3.05, 3.63) is 112 Å². The van der Waals surface area contributed by atoms with Gasteiger partial charge in [-0.1, -0.05) is 23.7 Å². The van der Waals surface area contributed by atoms with Crippen LogP contribution in [0.3, 0.4) is 0 Å². The maximum Gasteiger partial charge on any atom is 0.416 e. The Kier molecular flexibility index (Phi) is 11.0. The third-order valence-electron chi connectivity index (χ3n) is 8.63. The Labute approximate surface area is 300 Å². The van der Waals surface area contributed by atoms with E-state index in [1.165, 1.54) is 18.3 Å². The van der Waals surface area contributed by atoms with E-state index >= 15 is 0 Å². The van der Waals surface area contributed by atoms with Crippen molar-refractivity contribution in [2.45, 2.75) is 18.8 Å². The predicted molar refractivity (Wildman–Crippen MR) is 186 cm³/mol. The fraction of sp³-hybridized carbons (Fsp3) is 0.270. The molecule has 0 saturated carbocycles. The molecule has 3 heterocycles. The van der Waals surface area contributed by atoms with Crippen LogP contribution in [0.2, 0.25) is 5.02 Å². The van der Waals surface area contributed by atoms with Crippen LogP contribution in [0.1, 0.15) is 32.0 Å². The van der Waals surface area contributed by atoms with Gasteiger partial charge in [0.25, 0.3) is 11.8 Å². The van der Waals surface area contributed by atoms with E-state index in [-0.39, 0.29) is 28.1 Å². The zero-order chi connectivity index (χ0) is 37.0. The standard InChI is InChI=1S/C37H33ClF5N5O4/c1-46-32-18-28(52-34-11-6-26(21-44-34)45-35(49)30-10-5-25(17-31(30)38)37(41,42)43)9-4-24(32)16-33(46)36(50)48-14-12-47(13-15-48)22-23-2-7-27(8-3-23)51-29(19-39)20-40/h2-11,16-18,21,29H,12-15,19-20,22H2,1H3,(H,45,49). The van der Waals surface area contributed by atoms with E-state index in [9.17, 15) is 31.5 Å². The fourth-order valence-electron chi connectivity index (χ4n) is 5.79. The minimum absolute atomic E-state index is 0.0884. The van der Waals surface area contributed by atoms with Crippen molar-refractivity contribution in [2.75, 3.05) is 44.8 Å². The second-order valence-electron chi connectivity index (χ2n) is 12.2. The number of aromatic nitrogens is 2. The van der Waals surface area contributed by atoms with Gasteiger partial charge in [-0.15, -0.1) is 0 Å². The highest BCUT2D eigenvalue weighted by atomic mass is 35.5. The molecule has 2 amide bonds. The molecule has 52 heavy (non-hydrogen) atoms. The van der Waals surface area contributed by atoms with Crippen LogP contribution in [0.15, 0.2) is 85.1 Å². The number of nitrogens with one attached hydrogen (secondary N) is 1. The number of alkyl halides is 5. The van der Waals surface area contributed by atoms with E-state index in [1.807, 2.05) is 40.8 Å². The number of carbonyl (C=O) groups is 2. The predicted octanol–water partition coefficient (Wildman–Crippen LogP) is 7.93. The molecule has 1 aliphatic heterocycles. The normalized spacial score (nSPS) is 13.8. The van der Waals surface area contributed by atoms with E-state index in [0.29, 0.717) is 56.0 Å². The third-order valence-corrected chi connectivity index (χ3v) is 8.94. The highest BCUT2D eigenvalue weighted by molar-refractivity contribution is 6.34. The summed E-state index contributed by atoms with van der Waals surface area (Å²) in [7, 11) is 1.81. The molecule has 1 aliphatic rings. The van der Waals surface area contributed by atoms with Gasteiger partial charge in [0.05, 0.1) is 33.6 Å². The molecule has 1 saturated heterocycles. The Bertz CT molecular complexity index is 2050. The van der Waals surface area contributed by atoms with Crippen LogP contribution in [0.5, 0.6) is 17.4 Å². The summed E-state index contributed by atoms with van der Waals surface area (Å²) in [5.41, 5.74) is 1.52. The van der Waals surface area contributed by atoms with Gasteiger partial charge in [-0.2, -0.15) is 13.2 Å². The number of ether oxygens (including phenoxy) is 2. The van der Waals surface area contributed by atoms with Crippen molar-refractivity contribution in [1.82, 2.24) is 19.4 Å². The molecule has 0 spiro atoms. The lowest BCUT2D eigenvalue weighted by Gasteiger charge is -2.34. The number of rotatable bonds is 11. The minimum atomic E-state index is -4.58. The topological polar surface area (TPSA) is 88.9 Å². The zero-order valence-corrected chi connectivity index (χ0v) is 28.6. The first kappa shape index (κ1) is 36.6. The molecule has 15 heteroatoms. The molecule has 1 fully saturated rings. The van der Waals surface area contributed by atoms with Gasteiger partial charge in [-0.25, -0.2) is 13.8 Å². The van der Waals surface area contributed by atoms with E-state index in [0.717, 1.165) is 28.6 Å². The minimum Gasteiger partial charge on any atom is -0.485 e. The molecule has 0 unspecified atom stereocenters. The number of halogens is 6. The summed E-state index contributed by atoms with van der Waals surface area (Å²) >= 11 is 5.93. The monoisotopic (exact) mass is 741 g/mol. The highest BCUT2D eigenvalue weighted by Gasteiger charge is 2.31. The Hall–Kier alpha value is -5.21. The number of hydrogen-bond acceptors (Lipinski definition) is 6. The van der Waals surface area contributed by atoms with Crippen LogP contribution in [0.4, 0.5) is 27.6 Å². The van der Waals surface area contributed by atoms with Gasteiger partial charge in [-0.3, -0.25) is 14.5 Å². The Morgan fingerprint density at radius 3 is 2.25 bits per heavy atom. The molecular formula is C37H33ClF5N5O4. The molecule has 0 aliphatic carbocycles. The number of hydrogen-bond donors (Lipinski definition) is 1. The first-order valence-corrected chi connectivity index (χ1v) is 16.6. The van der Waals surface area contributed by atoms with Crippen LogP contribution in [0, 0.1) is 0 Å². The smallest absolute Gasteiger partial charge is 0.416 e. The van der Waals surface area contributed by atoms with E-state index in [1.54, 1.807) is 24.3 Å². The second kappa shape index (κ2) is 15.6. The van der Waals surface area contributed by atoms with Crippen LogP contribution >= 0.6 is 11.6 Å². The van der Waals surface area contributed by atoms with Gasteiger partial charge < -0.3 is 24.3 Å². The number of benzene rings is 3. The highest BCUT2D eigenvalue weighted by Crippen LogP contribution is 2.33. The van der Waals surface area contributed by atoms with Crippen LogP contribution in [0.25, 0.3) is 10.9 Å². The number of piperazine rings is 1. The largest absolute Gasteiger partial charge is 0.485 e. The summed E-state index contributed by atoms with van der Waals surface area (Å²) in [6, 6.07) is 19.9. The SMILES string of the molecule is Cn1c(C(=O)N2CCN(Cc3ccc(OC(CF)CF)cc3)CC2)cc2ccc(Oc3ccc(NC(=O)c4ccc(C(F)(F)F)cc4Cl)cn3)cc21. The number of aryl methyl sites for hydroxylation is 1. The second-order valence-corrected chi connectivity index (χ2v) is 12.6. The molecule has 9 nitrogen and oxygen atoms in total. The lowest BCUT2D eigenvalue weighted by atomic mass is 10.1. The maximum atomic E-state index is 13.6. The third kappa shape index (κ3) is 8.45. The molecular weight excluding hydrogens is 709 g/mol. The number of nitrogens with zero attached hydrogens (tertiary/aromatic N) is 4. The fourth-order valence-corrected chi connectivity index (χ4v) is 6.05. The number of amides is 2. The van der Waals surface area contributed by atoms with Gasteiger partial charge in [0, 0.05) is 57.3 Å². The number of fused-ring (bicyclic) bond motifs is 1. The molecule has 6 rings (SSSR count). The van der Waals surface area contributed by atoms with Gasteiger partial charge in [0.2, 0.25) is 5.88 Å². The van der Waals surface area contributed by atoms with E-state index < -0.39 is 37.1 Å². The summed E-state index contributed by atoms with van der Waals surface area (Å²) < 4.78 is 77.4. The van der Waals surface area contributed by atoms with Gasteiger partial charge >= 0.3 is 6.18 Å². The summed E-state index contributed by atoms with van der Waals surface area (Å²) in [5, 5.41) is 3.07. The molecule has 2 aromatic heterocycles. The Balaban J connectivity index is 1.03.